The van der Waals surface area contributed by atoms with Gasteiger partial charge in [-0.1, -0.05) is 24.3 Å². The molecule has 0 saturated carbocycles. The number of primary amides is 1. The van der Waals surface area contributed by atoms with Crippen molar-refractivity contribution in [1.29, 1.82) is 0 Å². The van der Waals surface area contributed by atoms with E-state index < -0.39 is 5.91 Å². The fourth-order valence-electron chi connectivity index (χ4n) is 2.52. The molecule has 0 aliphatic carbocycles. The Balaban J connectivity index is 1.69. The molecule has 3 aromatic heterocycles. The van der Waals surface area contributed by atoms with Crippen LogP contribution in [0.1, 0.15) is 15.2 Å². The number of rotatable bonds is 5. The second-order valence-electron chi connectivity index (χ2n) is 5.47. The lowest BCUT2D eigenvalue weighted by atomic mass is 10.2. The van der Waals surface area contributed by atoms with E-state index in [0.29, 0.717) is 16.3 Å². The highest BCUT2D eigenvalue weighted by Crippen LogP contribution is 2.33. The van der Waals surface area contributed by atoms with E-state index in [0.717, 1.165) is 17.0 Å². The number of thiazole rings is 1. The number of carbonyl (C=O) groups is 1. The predicted octanol–water partition coefficient (Wildman–Crippen LogP) is 3.27. The zero-order valence-electron chi connectivity index (χ0n) is 13.4. The molecule has 3 heterocycles. The number of amides is 1. The highest BCUT2D eigenvalue weighted by Gasteiger charge is 2.20. The number of carbonyl (C=O) groups excluding carboxylic acids is 1. The number of pyridine rings is 1. The smallest absolute Gasteiger partial charge is 0.264 e. The van der Waals surface area contributed by atoms with Crippen molar-refractivity contribution >= 4 is 22.9 Å². The fraction of sp³-hybridized carbons (Fsp3) is 0.0556. The Hall–Kier alpha value is -3.26. The maximum absolute atomic E-state index is 13.8. The molecule has 0 fully saturated rings. The lowest BCUT2D eigenvalue weighted by Crippen LogP contribution is -2.11. The Kier molecular flexibility index (Phi) is 4.10. The van der Waals surface area contributed by atoms with E-state index in [9.17, 15) is 9.18 Å². The lowest BCUT2D eigenvalue weighted by Gasteiger charge is -2.05. The van der Waals surface area contributed by atoms with E-state index in [1.807, 2.05) is 28.8 Å². The first-order valence-corrected chi connectivity index (χ1v) is 8.54. The van der Waals surface area contributed by atoms with Gasteiger partial charge in [0.25, 0.3) is 5.91 Å². The van der Waals surface area contributed by atoms with Gasteiger partial charge < -0.3 is 10.5 Å². The molecule has 0 radical (unpaired) electrons. The van der Waals surface area contributed by atoms with Crippen molar-refractivity contribution in [3.8, 4) is 16.6 Å². The van der Waals surface area contributed by atoms with E-state index in [1.165, 1.54) is 6.07 Å². The van der Waals surface area contributed by atoms with Crippen LogP contribution in [-0.4, -0.2) is 20.3 Å². The zero-order chi connectivity index (χ0) is 18.1. The molecule has 26 heavy (non-hydrogen) atoms. The van der Waals surface area contributed by atoms with Crippen LogP contribution in [-0.2, 0) is 6.61 Å². The van der Waals surface area contributed by atoms with Crippen LogP contribution < -0.4 is 10.5 Å². The molecule has 0 bridgehead atoms. The summed E-state index contributed by atoms with van der Waals surface area (Å²) in [7, 11) is 0. The normalized spacial score (nSPS) is 11.0. The first-order valence-electron chi connectivity index (χ1n) is 7.73. The summed E-state index contributed by atoms with van der Waals surface area (Å²) in [6, 6.07) is 11.9. The number of fused-ring (bicyclic) bond motifs is 1. The third kappa shape index (κ3) is 2.91. The first-order chi connectivity index (χ1) is 12.6. The molecule has 1 amide bonds. The molecule has 0 unspecified atom stereocenters. The molecule has 6 nitrogen and oxygen atoms in total. The summed E-state index contributed by atoms with van der Waals surface area (Å²) < 4.78 is 21.2. The summed E-state index contributed by atoms with van der Waals surface area (Å²) >= 11 is 1.11. The van der Waals surface area contributed by atoms with Crippen LogP contribution >= 0.6 is 11.3 Å². The predicted molar refractivity (Wildman–Crippen MR) is 95.5 cm³/mol. The highest BCUT2D eigenvalue weighted by molar-refractivity contribution is 7.17. The summed E-state index contributed by atoms with van der Waals surface area (Å²) in [5, 5.41) is 0.543. The molecular weight excluding hydrogens is 355 g/mol. The van der Waals surface area contributed by atoms with Crippen molar-refractivity contribution in [1.82, 2.24) is 14.4 Å². The molecule has 0 spiro atoms. The van der Waals surface area contributed by atoms with Gasteiger partial charge in [-0.3, -0.25) is 9.20 Å². The number of halogens is 1. The Morgan fingerprint density at radius 1 is 1.23 bits per heavy atom. The van der Waals surface area contributed by atoms with Crippen molar-refractivity contribution in [3.05, 3.63) is 71.1 Å². The molecule has 4 aromatic rings. The van der Waals surface area contributed by atoms with Crippen LogP contribution in [0.4, 0.5) is 4.39 Å². The van der Waals surface area contributed by atoms with Crippen molar-refractivity contribution in [3.63, 3.8) is 0 Å². The standard InChI is InChI=1S/C18H13FN4O2S/c19-12-6-2-1-5-11(12)10-25-17-15(16(20)24)26-18(22-17)13-9-21-14-7-3-4-8-23(13)14/h1-9H,10H2,(H2,20,24). The van der Waals surface area contributed by atoms with E-state index in [4.69, 9.17) is 10.5 Å². The van der Waals surface area contributed by atoms with Crippen molar-refractivity contribution in [2.45, 2.75) is 6.61 Å². The minimum atomic E-state index is -0.647. The van der Waals surface area contributed by atoms with Crippen molar-refractivity contribution < 1.29 is 13.9 Å². The van der Waals surface area contributed by atoms with Gasteiger partial charge in [-0.05, 0) is 18.2 Å². The van der Waals surface area contributed by atoms with E-state index in [1.54, 1.807) is 24.4 Å². The van der Waals surface area contributed by atoms with Crippen LogP contribution in [0.15, 0.2) is 54.9 Å². The second kappa shape index (κ2) is 6.57. The maximum atomic E-state index is 13.8. The highest BCUT2D eigenvalue weighted by atomic mass is 32.1. The third-order valence-corrected chi connectivity index (χ3v) is 4.85. The molecular formula is C18H13FN4O2S. The zero-order valence-corrected chi connectivity index (χ0v) is 14.2. The molecule has 4 rings (SSSR count). The Morgan fingerprint density at radius 2 is 2.04 bits per heavy atom. The molecule has 130 valence electrons. The SMILES string of the molecule is NC(=O)c1sc(-c2cnc3ccccn23)nc1OCc1ccccc1F. The number of hydrogen-bond acceptors (Lipinski definition) is 5. The van der Waals surface area contributed by atoms with Crippen LogP contribution in [0, 0.1) is 5.82 Å². The summed E-state index contributed by atoms with van der Waals surface area (Å²) in [4.78, 5) is 20.6. The quantitative estimate of drug-likeness (QED) is 0.586. The minimum absolute atomic E-state index is 0.0523. The number of nitrogens with two attached hydrogens (primary N) is 1. The summed E-state index contributed by atoms with van der Waals surface area (Å²) in [6.45, 7) is -0.0523. The number of benzene rings is 1. The molecule has 2 N–H and O–H groups in total. The van der Waals surface area contributed by atoms with Gasteiger partial charge in [-0.25, -0.2) is 9.37 Å². The fourth-order valence-corrected chi connectivity index (χ4v) is 3.39. The number of nitrogens with zero attached hydrogens (tertiary/aromatic N) is 3. The van der Waals surface area contributed by atoms with Crippen LogP contribution in [0.3, 0.4) is 0 Å². The number of ether oxygens (including phenoxy) is 1. The monoisotopic (exact) mass is 368 g/mol. The van der Waals surface area contributed by atoms with Crippen LogP contribution in [0.25, 0.3) is 16.3 Å². The van der Waals surface area contributed by atoms with Crippen molar-refractivity contribution in [2.24, 2.45) is 5.73 Å². The van der Waals surface area contributed by atoms with Crippen molar-refractivity contribution in [2.75, 3.05) is 0 Å². The van der Waals surface area contributed by atoms with Gasteiger partial charge in [-0.2, -0.15) is 4.98 Å². The topological polar surface area (TPSA) is 82.5 Å². The third-order valence-electron chi connectivity index (χ3n) is 3.78. The largest absolute Gasteiger partial charge is 0.472 e. The summed E-state index contributed by atoms with van der Waals surface area (Å²) in [5.74, 6) is -0.942. The van der Waals surface area contributed by atoms with Gasteiger partial charge in [0.1, 0.15) is 28.8 Å². The molecule has 0 aliphatic rings. The Labute approximate surface area is 151 Å². The minimum Gasteiger partial charge on any atom is -0.472 e. The van der Waals surface area contributed by atoms with Gasteiger partial charge in [-0.15, -0.1) is 11.3 Å². The summed E-state index contributed by atoms with van der Waals surface area (Å²) in [5.41, 5.74) is 7.29. The van der Waals surface area contributed by atoms with Gasteiger partial charge in [0.15, 0.2) is 4.88 Å². The Morgan fingerprint density at radius 3 is 2.85 bits per heavy atom. The van der Waals surface area contributed by atoms with Crippen LogP contribution in [0.5, 0.6) is 5.88 Å². The van der Waals surface area contributed by atoms with E-state index in [-0.39, 0.29) is 23.2 Å². The van der Waals surface area contributed by atoms with E-state index in [2.05, 4.69) is 9.97 Å². The molecule has 1 aromatic carbocycles. The van der Waals surface area contributed by atoms with Crippen LogP contribution in [0.2, 0.25) is 0 Å². The lowest BCUT2D eigenvalue weighted by molar-refractivity contribution is 0.0999. The first kappa shape index (κ1) is 16.2. The van der Waals surface area contributed by atoms with Gasteiger partial charge >= 0.3 is 0 Å². The van der Waals surface area contributed by atoms with E-state index >= 15 is 0 Å². The molecule has 8 heteroatoms. The second-order valence-corrected chi connectivity index (χ2v) is 6.47. The van der Waals surface area contributed by atoms with Gasteiger partial charge in [0.05, 0.1) is 6.20 Å². The number of hydrogen-bond donors (Lipinski definition) is 1. The van der Waals surface area contributed by atoms with Gasteiger partial charge in [0, 0.05) is 11.8 Å². The Bertz CT molecular complexity index is 1110. The number of imidazole rings is 1. The average Bonchev–Trinajstić information content (AvgIpc) is 3.25. The maximum Gasteiger partial charge on any atom is 0.264 e. The number of aromatic nitrogens is 3. The average molecular weight is 368 g/mol. The van der Waals surface area contributed by atoms with Gasteiger partial charge in [0.2, 0.25) is 5.88 Å². The molecule has 0 aliphatic heterocycles. The molecule has 0 saturated heterocycles. The molecule has 0 atom stereocenters. The summed E-state index contributed by atoms with van der Waals surface area (Å²) in [6.07, 6.45) is 3.52.